The summed E-state index contributed by atoms with van der Waals surface area (Å²) in [5, 5.41) is 0. The molecule has 4 N–H and O–H groups in total. The first kappa shape index (κ1) is 6.97. The van der Waals surface area contributed by atoms with Crippen molar-refractivity contribution >= 4 is 17.2 Å². The predicted octanol–water partition coefficient (Wildman–Crippen LogP) is 0.650. The van der Waals surface area contributed by atoms with Crippen molar-refractivity contribution in [2.45, 2.75) is 0 Å². The molecule has 62 valence electrons. The number of nitrogens with zero attached hydrogens (tertiary/aromatic N) is 1. The molecule has 1 aromatic rings. The van der Waals surface area contributed by atoms with Crippen LogP contribution in [-0.2, 0) is 0 Å². The molecule has 0 saturated heterocycles. The molecule has 0 aliphatic carbocycles. The number of ether oxygens (including phenoxy) is 1. The smallest absolute Gasteiger partial charge is 0.147 e. The molecule has 0 aromatic heterocycles. The van der Waals surface area contributed by atoms with Gasteiger partial charge in [0, 0.05) is 11.8 Å². The van der Waals surface area contributed by atoms with Gasteiger partial charge in [0.1, 0.15) is 23.9 Å². The van der Waals surface area contributed by atoms with Crippen LogP contribution in [0.25, 0.3) is 0 Å². The minimum absolute atomic E-state index is 0.344. The van der Waals surface area contributed by atoms with E-state index < -0.39 is 0 Å². The van der Waals surface area contributed by atoms with Crippen LogP contribution in [0.5, 0.6) is 5.75 Å². The van der Waals surface area contributed by atoms with Crippen LogP contribution in [0.1, 0.15) is 0 Å². The zero-order valence-electron chi connectivity index (χ0n) is 6.45. The molecule has 4 heteroatoms. The number of anilines is 1. The Balaban J connectivity index is 2.51. The van der Waals surface area contributed by atoms with Crippen LogP contribution >= 0.6 is 0 Å². The van der Waals surface area contributed by atoms with Crippen molar-refractivity contribution in [3.63, 3.8) is 0 Å². The molecule has 0 bridgehead atoms. The Morgan fingerprint density at radius 1 is 1.33 bits per heavy atom. The molecular weight excluding hydrogens is 154 g/mol. The third-order valence-electron chi connectivity index (χ3n) is 1.62. The van der Waals surface area contributed by atoms with Gasteiger partial charge < -0.3 is 16.2 Å². The second kappa shape index (κ2) is 2.41. The van der Waals surface area contributed by atoms with Gasteiger partial charge in [-0.05, 0) is 12.1 Å². The second-order valence-electron chi connectivity index (χ2n) is 2.62. The molecule has 1 heterocycles. The molecule has 4 nitrogen and oxygen atoms in total. The first-order valence-corrected chi connectivity index (χ1v) is 3.61. The Kier molecular flexibility index (Phi) is 1.40. The first-order valence-electron chi connectivity index (χ1n) is 3.61. The summed E-state index contributed by atoms with van der Waals surface area (Å²) in [6.07, 6.45) is 0. The van der Waals surface area contributed by atoms with Crippen molar-refractivity contribution in [2.75, 3.05) is 12.3 Å². The number of hydrogen-bond acceptors (Lipinski definition) is 4. The zero-order valence-corrected chi connectivity index (χ0v) is 6.45. The summed E-state index contributed by atoms with van der Waals surface area (Å²) in [6.45, 7) is 0.344. The molecule has 0 amide bonds. The SMILES string of the molecule is NC1=Nc2ccc(N)cc2OC1. The quantitative estimate of drug-likeness (QED) is 0.551. The maximum absolute atomic E-state index is 5.56. The molecule has 0 radical (unpaired) electrons. The molecule has 0 unspecified atom stereocenters. The van der Waals surface area contributed by atoms with Crippen LogP contribution in [-0.4, -0.2) is 12.4 Å². The average Bonchev–Trinajstić information content (AvgIpc) is 2.05. The van der Waals surface area contributed by atoms with Gasteiger partial charge in [-0.2, -0.15) is 0 Å². The third kappa shape index (κ3) is 1.07. The van der Waals surface area contributed by atoms with Crippen molar-refractivity contribution in [3.8, 4) is 5.75 Å². The van der Waals surface area contributed by atoms with E-state index in [2.05, 4.69) is 4.99 Å². The molecule has 0 saturated carbocycles. The number of benzene rings is 1. The molecule has 1 aliphatic rings. The van der Waals surface area contributed by atoms with Crippen LogP contribution in [0.3, 0.4) is 0 Å². The number of nitrogen functional groups attached to an aromatic ring is 1. The minimum atomic E-state index is 0.344. The highest BCUT2D eigenvalue weighted by atomic mass is 16.5. The van der Waals surface area contributed by atoms with Crippen LogP contribution in [0.4, 0.5) is 11.4 Å². The fourth-order valence-electron chi connectivity index (χ4n) is 1.08. The van der Waals surface area contributed by atoms with Crippen LogP contribution in [0, 0.1) is 0 Å². The van der Waals surface area contributed by atoms with Crippen molar-refractivity contribution in [1.82, 2.24) is 0 Å². The van der Waals surface area contributed by atoms with Gasteiger partial charge in [0.25, 0.3) is 0 Å². The highest BCUT2D eigenvalue weighted by molar-refractivity contribution is 5.87. The molecule has 12 heavy (non-hydrogen) atoms. The molecule has 2 rings (SSSR count). The van der Waals surface area contributed by atoms with E-state index in [-0.39, 0.29) is 0 Å². The lowest BCUT2D eigenvalue weighted by atomic mass is 10.2. The summed E-state index contributed by atoms with van der Waals surface area (Å²) in [7, 11) is 0. The summed E-state index contributed by atoms with van der Waals surface area (Å²) in [4.78, 5) is 4.10. The van der Waals surface area contributed by atoms with E-state index in [0.29, 0.717) is 23.9 Å². The van der Waals surface area contributed by atoms with Crippen molar-refractivity contribution < 1.29 is 4.74 Å². The summed E-state index contributed by atoms with van der Waals surface area (Å²) < 4.78 is 5.28. The van der Waals surface area contributed by atoms with Gasteiger partial charge in [-0.3, -0.25) is 0 Å². The van der Waals surface area contributed by atoms with E-state index in [1.807, 2.05) is 0 Å². The first-order chi connectivity index (χ1) is 5.75. The average molecular weight is 163 g/mol. The van der Waals surface area contributed by atoms with E-state index >= 15 is 0 Å². The number of amidine groups is 1. The number of rotatable bonds is 0. The van der Waals surface area contributed by atoms with E-state index in [4.69, 9.17) is 16.2 Å². The normalized spacial score (nSPS) is 14.5. The summed E-state index contributed by atoms with van der Waals surface area (Å²) in [6, 6.07) is 5.30. The molecule has 1 aliphatic heterocycles. The fourth-order valence-corrected chi connectivity index (χ4v) is 1.08. The molecule has 0 spiro atoms. The lowest BCUT2D eigenvalue weighted by Gasteiger charge is -2.14. The number of aliphatic imine (C=N–C) groups is 1. The largest absolute Gasteiger partial charge is 0.483 e. The Morgan fingerprint density at radius 3 is 3.00 bits per heavy atom. The standard InChI is InChI=1S/C8H9N3O/c9-5-1-2-6-7(3-5)12-4-8(10)11-6/h1-3H,4,9H2,(H2,10,11). The molecule has 1 aromatic carbocycles. The van der Waals surface area contributed by atoms with Crippen molar-refractivity contribution in [3.05, 3.63) is 18.2 Å². The topological polar surface area (TPSA) is 73.6 Å². The lowest BCUT2D eigenvalue weighted by Crippen LogP contribution is -2.23. The fraction of sp³-hybridized carbons (Fsp3) is 0.125. The van der Waals surface area contributed by atoms with Gasteiger partial charge in [-0.25, -0.2) is 4.99 Å². The second-order valence-corrected chi connectivity index (χ2v) is 2.62. The molecular formula is C8H9N3O. The van der Waals surface area contributed by atoms with Gasteiger partial charge in [0.15, 0.2) is 0 Å². The number of nitrogens with two attached hydrogens (primary N) is 2. The maximum Gasteiger partial charge on any atom is 0.147 e. The van der Waals surface area contributed by atoms with Gasteiger partial charge in [-0.1, -0.05) is 0 Å². The van der Waals surface area contributed by atoms with E-state index in [1.54, 1.807) is 18.2 Å². The zero-order chi connectivity index (χ0) is 8.55. The van der Waals surface area contributed by atoms with Crippen LogP contribution < -0.4 is 16.2 Å². The summed E-state index contributed by atoms with van der Waals surface area (Å²) in [5.41, 5.74) is 12.5. The summed E-state index contributed by atoms with van der Waals surface area (Å²) in [5.74, 6) is 1.19. The van der Waals surface area contributed by atoms with Crippen molar-refractivity contribution in [1.29, 1.82) is 0 Å². The Hall–Kier alpha value is -1.71. The van der Waals surface area contributed by atoms with E-state index in [1.165, 1.54) is 0 Å². The van der Waals surface area contributed by atoms with Crippen LogP contribution in [0.2, 0.25) is 0 Å². The molecule has 0 fully saturated rings. The van der Waals surface area contributed by atoms with Gasteiger partial charge in [0.2, 0.25) is 0 Å². The van der Waals surface area contributed by atoms with E-state index in [9.17, 15) is 0 Å². The highest BCUT2D eigenvalue weighted by Crippen LogP contribution is 2.31. The van der Waals surface area contributed by atoms with E-state index in [0.717, 1.165) is 5.69 Å². The highest BCUT2D eigenvalue weighted by Gasteiger charge is 2.09. The minimum Gasteiger partial charge on any atom is -0.483 e. The van der Waals surface area contributed by atoms with Gasteiger partial charge >= 0.3 is 0 Å². The summed E-state index contributed by atoms with van der Waals surface area (Å²) >= 11 is 0. The Morgan fingerprint density at radius 2 is 2.17 bits per heavy atom. The maximum atomic E-state index is 5.56. The Bertz CT molecular complexity index is 346. The monoisotopic (exact) mass is 163 g/mol. The number of fused-ring (bicyclic) bond motifs is 1. The van der Waals surface area contributed by atoms with Crippen molar-refractivity contribution in [2.24, 2.45) is 10.7 Å². The van der Waals surface area contributed by atoms with Gasteiger partial charge in [-0.15, -0.1) is 0 Å². The molecule has 0 atom stereocenters. The third-order valence-corrected chi connectivity index (χ3v) is 1.62. The van der Waals surface area contributed by atoms with Crippen LogP contribution in [0.15, 0.2) is 23.2 Å². The number of hydrogen-bond donors (Lipinski definition) is 2. The Labute approximate surface area is 69.8 Å². The predicted molar refractivity (Wildman–Crippen MR) is 47.6 cm³/mol. The van der Waals surface area contributed by atoms with Gasteiger partial charge in [0.05, 0.1) is 0 Å². The lowest BCUT2D eigenvalue weighted by molar-refractivity contribution is 0.371.